The highest BCUT2D eigenvalue weighted by Gasteiger charge is 2.11. The summed E-state index contributed by atoms with van der Waals surface area (Å²) in [4.78, 5) is 27.8. The van der Waals surface area contributed by atoms with Crippen LogP contribution in [0.1, 0.15) is 11.1 Å². The Hall–Kier alpha value is -3.22. The fourth-order valence-electron chi connectivity index (χ4n) is 1.91. The highest BCUT2D eigenvalue weighted by Crippen LogP contribution is 2.22. The molecule has 7 nitrogen and oxygen atoms in total. The van der Waals surface area contributed by atoms with Crippen LogP contribution in [0.2, 0.25) is 0 Å². The van der Waals surface area contributed by atoms with Gasteiger partial charge in [0.2, 0.25) is 0 Å². The number of para-hydroxylation sites is 1. The molecule has 24 heavy (non-hydrogen) atoms. The quantitative estimate of drug-likeness (QED) is 0.719. The van der Waals surface area contributed by atoms with Gasteiger partial charge < -0.3 is 19.8 Å². The van der Waals surface area contributed by atoms with Crippen molar-refractivity contribution >= 4 is 11.9 Å². The zero-order chi connectivity index (χ0) is 17.5. The highest BCUT2D eigenvalue weighted by molar-refractivity contribution is 5.80. The van der Waals surface area contributed by atoms with Crippen molar-refractivity contribution in [2.75, 3.05) is 6.61 Å². The van der Waals surface area contributed by atoms with Gasteiger partial charge in [0.15, 0.2) is 6.61 Å². The van der Waals surface area contributed by atoms with Crippen molar-refractivity contribution in [2.24, 2.45) is 0 Å². The molecule has 3 N–H and O–H groups in total. The Labute approximate surface area is 138 Å². The average Bonchev–Trinajstić information content (AvgIpc) is 2.55. The van der Waals surface area contributed by atoms with Gasteiger partial charge in [-0.3, -0.25) is 4.79 Å². The Morgan fingerprint density at radius 3 is 2.58 bits per heavy atom. The largest absolute Gasteiger partial charge is 0.508 e. The van der Waals surface area contributed by atoms with Crippen LogP contribution in [0.3, 0.4) is 0 Å². The van der Waals surface area contributed by atoms with Gasteiger partial charge in [0, 0.05) is 11.6 Å². The summed E-state index contributed by atoms with van der Waals surface area (Å²) in [6.07, 6.45) is -0.210. The van der Waals surface area contributed by atoms with Crippen molar-refractivity contribution in [3.05, 3.63) is 53.6 Å². The number of carbonyl (C=O) groups excluding carboxylic acids is 2. The Kier molecular flexibility index (Phi) is 5.62. The fraction of sp³-hybridized carbons (Fsp3) is 0.176. The smallest absolute Gasteiger partial charge is 0.369 e. The number of hydrogen-bond donors (Lipinski definition) is 3. The van der Waals surface area contributed by atoms with Crippen LogP contribution in [0.15, 0.2) is 42.5 Å². The molecule has 0 aromatic heterocycles. The fourth-order valence-corrected chi connectivity index (χ4v) is 1.91. The van der Waals surface area contributed by atoms with Crippen LogP contribution in [-0.2, 0) is 20.8 Å². The zero-order valence-electron chi connectivity index (χ0n) is 13.0. The van der Waals surface area contributed by atoms with E-state index in [1.54, 1.807) is 12.1 Å². The van der Waals surface area contributed by atoms with Gasteiger partial charge in [0.1, 0.15) is 17.2 Å². The van der Waals surface area contributed by atoms with Crippen molar-refractivity contribution < 1.29 is 29.4 Å². The van der Waals surface area contributed by atoms with E-state index in [1.807, 2.05) is 24.5 Å². The van der Waals surface area contributed by atoms with Gasteiger partial charge in [-0.1, -0.05) is 24.3 Å². The summed E-state index contributed by atoms with van der Waals surface area (Å²) < 4.78 is 5.29. The maximum absolute atomic E-state index is 11.7. The normalized spacial score (nSPS) is 10.0. The summed E-state index contributed by atoms with van der Waals surface area (Å²) in [6.45, 7) is 1.49. The van der Waals surface area contributed by atoms with E-state index in [0.29, 0.717) is 5.75 Å². The lowest BCUT2D eigenvalue weighted by molar-refractivity contribution is -0.159. The van der Waals surface area contributed by atoms with Crippen LogP contribution >= 0.6 is 0 Å². The number of benzene rings is 2. The summed E-state index contributed by atoms with van der Waals surface area (Å²) in [7, 11) is 0. The molecule has 2 aromatic rings. The molecular weight excluding hydrogens is 314 g/mol. The topological polar surface area (TPSA) is 105 Å². The first-order chi connectivity index (χ1) is 11.5. The molecule has 0 saturated carbocycles. The summed E-state index contributed by atoms with van der Waals surface area (Å²) >= 11 is 0. The molecule has 0 aliphatic heterocycles. The minimum atomic E-state index is -0.762. The number of aryl methyl sites for hydroxylation is 1. The molecule has 0 heterocycles. The molecule has 0 unspecified atom stereocenters. The predicted octanol–water partition coefficient (Wildman–Crippen LogP) is 1.60. The molecular formula is C17H17NO6. The lowest BCUT2D eigenvalue weighted by Gasteiger charge is -2.09. The molecule has 2 aromatic carbocycles. The number of amides is 1. The standard InChI is InChI=1S/C17H17NO6/c1-11-4-2-3-5-15(11)23-10-17(22)24-18-16(21)8-12-6-7-13(19)9-14(12)20/h2-7,9,19-20H,8,10H2,1H3,(H,18,21). The van der Waals surface area contributed by atoms with Gasteiger partial charge >= 0.3 is 5.97 Å². The molecule has 1 amide bonds. The molecule has 0 fully saturated rings. The maximum atomic E-state index is 11.7. The summed E-state index contributed by atoms with van der Waals surface area (Å²) in [5.74, 6) is -1.17. The Balaban J connectivity index is 1.77. The molecule has 0 aliphatic rings. The van der Waals surface area contributed by atoms with E-state index in [2.05, 4.69) is 4.84 Å². The van der Waals surface area contributed by atoms with Crippen LogP contribution in [0, 0.1) is 6.92 Å². The van der Waals surface area contributed by atoms with Crippen molar-refractivity contribution in [3.63, 3.8) is 0 Å². The van der Waals surface area contributed by atoms with Crippen LogP contribution in [-0.4, -0.2) is 28.7 Å². The van der Waals surface area contributed by atoms with E-state index in [1.165, 1.54) is 12.1 Å². The molecule has 0 bridgehead atoms. The van der Waals surface area contributed by atoms with Crippen LogP contribution in [0.4, 0.5) is 0 Å². The number of phenols is 2. The summed E-state index contributed by atoms with van der Waals surface area (Å²) in [5, 5.41) is 18.8. The molecule has 7 heteroatoms. The van der Waals surface area contributed by atoms with Crippen molar-refractivity contribution in [1.82, 2.24) is 5.48 Å². The van der Waals surface area contributed by atoms with E-state index < -0.39 is 11.9 Å². The first-order valence-corrected chi connectivity index (χ1v) is 7.13. The predicted molar refractivity (Wildman–Crippen MR) is 84.4 cm³/mol. The monoisotopic (exact) mass is 331 g/mol. The molecule has 0 saturated heterocycles. The third kappa shape index (κ3) is 4.91. The number of phenolic OH excluding ortho intramolecular Hbond substituents is 2. The summed E-state index contributed by atoms with van der Waals surface area (Å²) in [6, 6.07) is 11.0. The average molecular weight is 331 g/mol. The highest BCUT2D eigenvalue weighted by atomic mass is 16.7. The number of hydroxylamine groups is 1. The van der Waals surface area contributed by atoms with Gasteiger partial charge in [0.25, 0.3) is 5.91 Å². The second-order valence-electron chi connectivity index (χ2n) is 5.04. The number of aromatic hydroxyl groups is 2. The third-order valence-corrected chi connectivity index (χ3v) is 3.14. The van der Waals surface area contributed by atoms with Gasteiger partial charge in [-0.25, -0.2) is 4.79 Å². The second-order valence-corrected chi connectivity index (χ2v) is 5.04. The van der Waals surface area contributed by atoms with E-state index in [4.69, 9.17) is 4.74 Å². The first-order valence-electron chi connectivity index (χ1n) is 7.13. The van der Waals surface area contributed by atoms with E-state index in [9.17, 15) is 19.8 Å². The third-order valence-electron chi connectivity index (χ3n) is 3.14. The zero-order valence-corrected chi connectivity index (χ0v) is 13.0. The first kappa shape index (κ1) is 17.1. The van der Waals surface area contributed by atoms with E-state index >= 15 is 0 Å². The lowest BCUT2D eigenvalue weighted by atomic mass is 10.1. The number of nitrogens with one attached hydrogen (secondary N) is 1. The lowest BCUT2D eigenvalue weighted by Crippen LogP contribution is -2.30. The van der Waals surface area contributed by atoms with Crippen molar-refractivity contribution in [2.45, 2.75) is 13.3 Å². The van der Waals surface area contributed by atoms with Crippen molar-refractivity contribution in [1.29, 1.82) is 0 Å². The SMILES string of the molecule is Cc1ccccc1OCC(=O)ONC(=O)Cc1ccc(O)cc1O. The summed E-state index contributed by atoms with van der Waals surface area (Å²) in [5.41, 5.74) is 3.14. The van der Waals surface area contributed by atoms with Crippen LogP contribution in [0.25, 0.3) is 0 Å². The molecule has 0 radical (unpaired) electrons. The van der Waals surface area contributed by atoms with Gasteiger partial charge in [-0.2, -0.15) is 5.48 Å². The van der Waals surface area contributed by atoms with Gasteiger partial charge in [-0.15, -0.1) is 0 Å². The molecule has 126 valence electrons. The van der Waals surface area contributed by atoms with E-state index in [-0.39, 0.29) is 30.1 Å². The molecule has 0 aliphatic carbocycles. The van der Waals surface area contributed by atoms with E-state index in [0.717, 1.165) is 11.6 Å². The minimum Gasteiger partial charge on any atom is -0.508 e. The number of rotatable bonds is 5. The van der Waals surface area contributed by atoms with Crippen molar-refractivity contribution in [3.8, 4) is 17.2 Å². The number of carbonyl (C=O) groups is 2. The molecule has 0 atom stereocenters. The molecule has 0 spiro atoms. The number of ether oxygens (including phenoxy) is 1. The van der Waals surface area contributed by atoms with Crippen LogP contribution in [0.5, 0.6) is 17.2 Å². The molecule has 2 rings (SSSR count). The van der Waals surface area contributed by atoms with Gasteiger partial charge in [-0.05, 0) is 24.6 Å². The van der Waals surface area contributed by atoms with Crippen LogP contribution < -0.4 is 10.2 Å². The maximum Gasteiger partial charge on any atom is 0.369 e. The Morgan fingerprint density at radius 1 is 1.12 bits per heavy atom. The number of hydrogen-bond acceptors (Lipinski definition) is 6. The Bertz CT molecular complexity index is 744. The van der Waals surface area contributed by atoms with Gasteiger partial charge in [0.05, 0.1) is 6.42 Å². The second kappa shape index (κ2) is 7.87. The Morgan fingerprint density at radius 2 is 1.88 bits per heavy atom. The minimum absolute atomic E-state index is 0.114.